The number of amides is 1. The minimum Gasteiger partial charge on any atom is -0.497 e. The molecule has 1 aliphatic heterocycles. The number of nitrogens with zero attached hydrogens (tertiary/aromatic N) is 2. The number of quaternary nitrogens is 1. The monoisotopic (exact) mass is 753 g/mol. The Hall–Kier alpha value is -2.49. The molecule has 1 amide bonds. The van der Waals surface area contributed by atoms with Crippen molar-refractivity contribution in [3.8, 4) is 0 Å². The van der Waals surface area contributed by atoms with Crippen LogP contribution in [-0.2, 0) is 20.7 Å². The molecule has 0 bridgehead atoms. The highest BCUT2D eigenvalue weighted by molar-refractivity contribution is 8.12. The molecule has 52 heavy (non-hydrogen) atoms. The number of benzene rings is 1. The van der Waals surface area contributed by atoms with Crippen molar-refractivity contribution in [2.75, 3.05) is 67.3 Å². The number of carboxylic acid groups (broad SMARTS) is 1. The molecule has 1 saturated heterocycles. The number of nitrogens with one attached hydrogen (secondary N) is 1. The summed E-state index contributed by atoms with van der Waals surface area (Å²) in [5.41, 5.74) is 4.13. The summed E-state index contributed by atoms with van der Waals surface area (Å²) in [6.45, 7) is 24.2. The van der Waals surface area contributed by atoms with Crippen molar-refractivity contribution in [1.82, 2.24) is 9.80 Å². The molecule has 8 nitrogen and oxygen atoms in total. The molecule has 304 valence electrons. The molecule has 0 radical (unpaired) electrons. The fourth-order valence-corrected chi connectivity index (χ4v) is 5.46. The van der Waals surface area contributed by atoms with E-state index < -0.39 is 5.30 Å². The number of unbranched alkanes of at least 4 members (excludes halogenated alkanes) is 3. The lowest BCUT2D eigenvalue weighted by Crippen LogP contribution is -3.02. The zero-order valence-corrected chi connectivity index (χ0v) is 36.9. The Morgan fingerprint density at radius 2 is 1.56 bits per heavy atom. The van der Waals surface area contributed by atoms with Crippen molar-refractivity contribution in [3.63, 3.8) is 0 Å². The number of rotatable bonds is 19. The SMILES string of the molecule is CC.CCCCN(C=O)CCCC.CCCCOC(/C(C)=C\CC1CC(Cc2ccccc2C)N(CC)C1)=C(/CC)OC.CSC(=O)O.C[NH+](C)C. The van der Waals surface area contributed by atoms with Crippen LogP contribution in [0.3, 0.4) is 0 Å². The van der Waals surface area contributed by atoms with Gasteiger partial charge >= 0.3 is 5.30 Å². The maximum absolute atomic E-state index is 10.4. The van der Waals surface area contributed by atoms with E-state index in [-0.39, 0.29) is 0 Å². The van der Waals surface area contributed by atoms with Gasteiger partial charge in [-0.15, -0.1) is 0 Å². The van der Waals surface area contributed by atoms with Crippen molar-refractivity contribution < 1.29 is 29.1 Å². The number of aryl methyl sites for hydroxylation is 1. The molecule has 2 N–H and O–H groups in total. The minimum atomic E-state index is -0.829. The third-order valence-corrected chi connectivity index (χ3v) is 8.69. The van der Waals surface area contributed by atoms with Gasteiger partial charge in [-0.2, -0.15) is 0 Å². The predicted octanol–water partition coefficient (Wildman–Crippen LogP) is 9.53. The van der Waals surface area contributed by atoms with Crippen LogP contribution in [0, 0.1) is 12.8 Å². The molecule has 1 aromatic rings. The molecule has 1 aromatic carbocycles. The first kappa shape index (κ1) is 53.9. The molecule has 1 fully saturated rings. The number of likely N-dealkylation sites (tertiary alicyclic amines) is 1. The zero-order chi connectivity index (χ0) is 40.3. The van der Waals surface area contributed by atoms with E-state index in [1.54, 1.807) is 7.11 Å². The maximum Gasteiger partial charge on any atom is 0.364 e. The summed E-state index contributed by atoms with van der Waals surface area (Å²) < 4.78 is 11.8. The van der Waals surface area contributed by atoms with E-state index in [4.69, 9.17) is 14.6 Å². The Morgan fingerprint density at radius 3 is 1.98 bits per heavy atom. The number of ether oxygens (including phenoxy) is 2. The third-order valence-electron chi connectivity index (χ3n) is 8.34. The van der Waals surface area contributed by atoms with Gasteiger partial charge in [0.2, 0.25) is 6.41 Å². The Balaban J connectivity index is -0.000000892. The van der Waals surface area contributed by atoms with Crippen LogP contribution in [0.4, 0.5) is 4.79 Å². The van der Waals surface area contributed by atoms with Gasteiger partial charge in [0.25, 0.3) is 0 Å². The summed E-state index contributed by atoms with van der Waals surface area (Å²) in [6.07, 6.45) is 16.0. The van der Waals surface area contributed by atoms with Crippen LogP contribution in [0.2, 0.25) is 0 Å². The second-order valence-corrected chi connectivity index (χ2v) is 14.2. The lowest BCUT2D eigenvalue weighted by molar-refractivity contribution is -0.836. The number of methoxy groups -OCH3 is 1. The van der Waals surface area contributed by atoms with E-state index in [0.29, 0.717) is 12.0 Å². The van der Waals surface area contributed by atoms with Crippen LogP contribution in [0.1, 0.15) is 124 Å². The fraction of sp³-hybridized carbons (Fsp3) is 0.721. The average molecular weight is 753 g/mol. The quantitative estimate of drug-likeness (QED) is 0.0631. The van der Waals surface area contributed by atoms with E-state index in [1.165, 1.54) is 40.8 Å². The van der Waals surface area contributed by atoms with Crippen LogP contribution in [0.25, 0.3) is 0 Å². The third kappa shape index (κ3) is 28.1. The zero-order valence-electron chi connectivity index (χ0n) is 36.1. The molecule has 9 heteroatoms. The molecular formula is C43H82N3O5S+. The second-order valence-electron chi connectivity index (χ2n) is 13.4. The summed E-state index contributed by atoms with van der Waals surface area (Å²) in [7, 11) is 8.00. The van der Waals surface area contributed by atoms with Gasteiger partial charge in [0.05, 0.1) is 34.9 Å². The Morgan fingerprint density at radius 1 is 1.02 bits per heavy atom. The largest absolute Gasteiger partial charge is 0.497 e. The number of likely N-dealkylation sites (N-methyl/N-ethyl adjacent to an activating group) is 1. The summed E-state index contributed by atoms with van der Waals surface area (Å²) in [6, 6.07) is 9.49. The van der Waals surface area contributed by atoms with Crippen LogP contribution in [-0.4, -0.2) is 100.0 Å². The van der Waals surface area contributed by atoms with Crippen LogP contribution < -0.4 is 4.90 Å². The molecule has 1 aliphatic rings. The Bertz CT molecular complexity index is 1050. The van der Waals surface area contributed by atoms with E-state index >= 15 is 0 Å². The first-order valence-electron chi connectivity index (χ1n) is 20.0. The van der Waals surface area contributed by atoms with Gasteiger partial charge < -0.3 is 29.3 Å². The molecular weight excluding hydrogens is 671 g/mol. The summed E-state index contributed by atoms with van der Waals surface area (Å²) in [5, 5.41) is 6.86. The summed E-state index contributed by atoms with van der Waals surface area (Å²) in [4.78, 5) is 25.7. The van der Waals surface area contributed by atoms with Crippen molar-refractivity contribution in [1.29, 1.82) is 0 Å². The number of allylic oxidation sites excluding steroid dienone is 3. The fourth-order valence-electron chi connectivity index (χ4n) is 5.46. The lowest BCUT2D eigenvalue weighted by atomic mass is 9.95. The normalized spacial score (nSPS) is 15.6. The van der Waals surface area contributed by atoms with Crippen LogP contribution in [0.5, 0.6) is 0 Å². The van der Waals surface area contributed by atoms with Gasteiger partial charge in [-0.25, -0.2) is 4.79 Å². The molecule has 0 spiro atoms. The first-order valence-corrected chi connectivity index (χ1v) is 21.2. The number of carbonyl (C=O) groups is 2. The lowest BCUT2D eigenvalue weighted by Gasteiger charge is -2.23. The van der Waals surface area contributed by atoms with Gasteiger partial charge in [-0.05, 0) is 99.6 Å². The van der Waals surface area contributed by atoms with Crippen LogP contribution in [0.15, 0.2) is 47.4 Å². The van der Waals surface area contributed by atoms with Crippen LogP contribution >= 0.6 is 11.8 Å². The van der Waals surface area contributed by atoms with Gasteiger partial charge in [0, 0.05) is 32.1 Å². The Kier molecular flexibility index (Phi) is 38.2. The standard InChI is InChI=1S/C27H43NO2.C9H19NO.C3H9N.C2H4O2S.C2H6/c1-7-10-17-30-27(26(8-2)29-6)22(5)15-16-23-18-25(28(9-3)20-23)19-24-14-12-11-13-21(24)4;1-3-5-7-10(9-11)8-6-4-2;1-4(2)3;1-5-2(3)4;1-2/h11-15,23,25H,7-10,16-20H2,1-6H3;9H,3-8H2,1-2H3;1-3H3;1H3,(H,3,4);1-2H3/p+1/b22-15-,27-26-;;;;. The van der Waals surface area contributed by atoms with Gasteiger partial charge in [0.15, 0.2) is 5.76 Å². The van der Waals surface area contributed by atoms with Crippen molar-refractivity contribution in [3.05, 3.63) is 58.6 Å². The molecule has 0 aromatic heterocycles. The number of carbonyl (C=O) groups excluding carboxylic acids is 1. The van der Waals surface area contributed by atoms with Gasteiger partial charge in [0.1, 0.15) is 5.76 Å². The Labute approximate surface area is 325 Å². The summed E-state index contributed by atoms with van der Waals surface area (Å²) in [5.74, 6) is 2.62. The minimum absolute atomic E-state index is 0.649. The molecule has 1 heterocycles. The van der Waals surface area contributed by atoms with Crippen molar-refractivity contribution in [2.24, 2.45) is 5.92 Å². The summed E-state index contributed by atoms with van der Waals surface area (Å²) >= 11 is 0.796. The molecule has 0 aliphatic carbocycles. The highest BCUT2D eigenvalue weighted by Crippen LogP contribution is 2.30. The van der Waals surface area contributed by atoms with E-state index in [9.17, 15) is 9.59 Å². The van der Waals surface area contributed by atoms with E-state index in [0.717, 1.165) is 114 Å². The molecule has 2 rings (SSSR count). The molecule has 2 unspecified atom stereocenters. The van der Waals surface area contributed by atoms with E-state index in [2.05, 4.69) is 105 Å². The molecule has 0 saturated carbocycles. The highest BCUT2D eigenvalue weighted by atomic mass is 32.2. The second kappa shape index (κ2) is 36.9. The maximum atomic E-state index is 10.4. The topological polar surface area (TPSA) is 83.8 Å². The first-order chi connectivity index (χ1) is 24.9. The number of hydrogen-bond donors (Lipinski definition) is 2. The smallest absolute Gasteiger partial charge is 0.364 e. The average Bonchev–Trinajstić information content (AvgIpc) is 3.54. The number of thioether (sulfide) groups is 1. The van der Waals surface area contributed by atoms with E-state index in [1.807, 2.05) is 18.7 Å². The van der Waals surface area contributed by atoms with Gasteiger partial charge in [-0.3, -0.25) is 4.79 Å². The number of hydrogen-bond acceptors (Lipinski definition) is 6. The highest BCUT2D eigenvalue weighted by Gasteiger charge is 2.30. The van der Waals surface area contributed by atoms with Gasteiger partial charge in [-0.1, -0.05) is 98.1 Å². The van der Waals surface area contributed by atoms with Crippen molar-refractivity contribution >= 4 is 23.5 Å². The molecule has 2 atom stereocenters. The predicted molar refractivity (Wildman–Crippen MR) is 227 cm³/mol. The van der Waals surface area contributed by atoms with Crippen molar-refractivity contribution in [2.45, 2.75) is 133 Å².